The molecule has 1 heterocycles. The summed E-state index contributed by atoms with van der Waals surface area (Å²) in [6.45, 7) is 1.32. The van der Waals surface area contributed by atoms with Crippen LogP contribution in [0, 0.1) is 5.92 Å². The second-order valence-corrected chi connectivity index (χ2v) is 5.06. The van der Waals surface area contributed by atoms with E-state index in [1.165, 1.54) is 0 Å². The molecule has 1 saturated carbocycles. The minimum Gasteiger partial charge on any atom is -0.480 e. The minimum absolute atomic E-state index is 0.106. The molecular weight excluding hydrogens is 236 g/mol. The summed E-state index contributed by atoms with van der Waals surface area (Å²) in [5.41, 5.74) is 0. The highest BCUT2D eigenvalue weighted by atomic mass is 16.5. The van der Waals surface area contributed by atoms with Crippen molar-refractivity contribution in [3.63, 3.8) is 0 Å². The Kier molecular flexibility index (Phi) is 4.06. The van der Waals surface area contributed by atoms with Gasteiger partial charge in [0.25, 0.3) is 0 Å². The van der Waals surface area contributed by atoms with Gasteiger partial charge in [0.05, 0.1) is 0 Å². The zero-order chi connectivity index (χ0) is 13.1. The zero-order valence-electron chi connectivity index (χ0n) is 10.6. The predicted molar refractivity (Wildman–Crippen MR) is 64.3 cm³/mol. The second-order valence-electron chi connectivity index (χ2n) is 5.06. The molecule has 1 aliphatic heterocycles. The molecule has 0 radical (unpaired) electrons. The average molecular weight is 256 g/mol. The lowest BCUT2D eigenvalue weighted by Crippen LogP contribution is -2.51. The van der Waals surface area contributed by atoms with Crippen molar-refractivity contribution in [1.29, 1.82) is 0 Å². The number of aliphatic carboxylic acids is 1. The summed E-state index contributed by atoms with van der Waals surface area (Å²) in [6, 6.07) is -0.881. The lowest BCUT2D eigenvalue weighted by atomic mass is 10.1. The van der Waals surface area contributed by atoms with Crippen LogP contribution < -0.4 is 5.32 Å². The number of carboxylic acids is 1. The van der Waals surface area contributed by atoms with E-state index in [0.29, 0.717) is 13.2 Å². The van der Waals surface area contributed by atoms with Gasteiger partial charge in [-0.2, -0.15) is 0 Å². The first-order valence-electron chi connectivity index (χ1n) is 6.43. The number of nitrogens with one attached hydrogen (secondary N) is 1. The fourth-order valence-corrected chi connectivity index (χ4v) is 2.28. The second kappa shape index (κ2) is 5.56. The topological polar surface area (TPSA) is 78.9 Å². The first kappa shape index (κ1) is 13.1. The summed E-state index contributed by atoms with van der Waals surface area (Å²) in [4.78, 5) is 24.7. The SMILES string of the molecule is CN(C(=O)NC(C(=O)O)C1CC1)C1CCOCC1. The van der Waals surface area contributed by atoms with Gasteiger partial charge in [0.1, 0.15) is 6.04 Å². The van der Waals surface area contributed by atoms with Gasteiger partial charge in [-0.05, 0) is 31.6 Å². The fourth-order valence-electron chi connectivity index (χ4n) is 2.28. The number of amides is 2. The van der Waals surface area contributed by atoms with Gasteiger partial charge in [0.15, 0.2) is 0 Å². The van der Waals surface area contributed by atoms with E-state index in [0.717, 1.165) is 25.7 Å². The molecule has 0 aromatic rings. The molecule has 0 spiro atoms. The third kappa shape index (κ3) is 3.13. The summed E-state index contributed by atoms with van der Waals surface area (Å²) in [5, 5.41) is 11.7. The number of nitrogens with zero attached hydrogens (tertiary/aromatic N) is 1. The Bertz CT molecular complexity index is 324. The average Bonchev–Trinajstić information content (AvgIpc) is 3.19. The van der Waals surface area contributed by atoms with E-state index in [4.69, 9.17) is 9.84 Å². The maximum absolute atomic E-state index is 12.0. The van der Waals surface area contributed by atoms with Crippen molar-refractivity contribution in [2.45, 2.75) is 37.8 Å². The lowest BCUT2D eigenvalue weighted by Gasteiger charge is -2.32. The third-order valence-corrected chi connectivity index (χ3v) is 3.70. The number of carbonyl (C=O) groups excluding carboxylic acids is 1. The van der Waals surface area contributed by atoms with E-state index in [1.807, 2.05) is 0 Å². The van der Waals surface area contributed by atoms with Crippen molar-refractivity contribution < 1.29 is 19.4 Å². The lowest BCUT2D eigenvalue weighted by molar-refractivity contribution is -0.139. The first-order valence-corrected chi connectivity index (χ1v) is 6.43. The van der Waals surface area contributed by atoms with Gasteiger partial charge >= 0.3 is 12.0 Å². The third-order valence-electron chi connectivity index (χ3n) is 3.70. The van der Waals surface area contributed by atoms with Crippen LogP contribution in [-0.4, -0.2) is 54.4 Å². The van der Waals surface area contributed by atoms with Crippen LogP contribution >= 0.6 is 0 Å². The molecule has 2 rings (SSSR count). The first-order chi connectivity index (χ1) is 8.59. The van der Waals surface area contributed by atoms with E-state index in [1.54, 1.807) is 11.9 Å². The smallest absolute Gasteiger partial charge is 0.326 e. The Labute approximate surface area is 106 Å². The van der Waals surface area contributed by atoms with Crippen molar-refractivity contribution >= 4 is 12.0 Å². The van der Waals surface area contributed by atoms with Crippen LogP contribution in [0.3, 0.4) is 0 Å². The van der Waals surface area contributed by atoms with Crippen LogP contribution in [0.5, 0.6) is 0 Å². The van der Waals surface area contributed by atoms with Gasteiger partial charge < -0.3 is 20.1 Å². The van der Waals surface area contributed by atoms with Gasteiger partial charge in [-0.3, -0.25) is 0 Å². The van der Waals surface area contributed by atoms with Gasteiger partial charge in [0, 0.05) is 26.3 Å². The molecule has 0 bridgehead atoms. The van der Waals surface area contributed by atoms with Crippen molar-refractivity contribution in [1.82, 2.24) is 10.2 Å². The van der Waals surface area contributed by atoms with Crippen LogP contribution in [0.15, 0.2) is 0 Å². The van der Waals surface area contributed by atoms with Crippen molar-refractivity contribution in [2.75, 3.05) is 20.3 Å². The van der Waals surface area contributed by atoms with E-state index in [2.05, 4.69) is 5.32 Å². The summed E-state index contributed by atoms with van der Waals surface area (Å²) >= 11 is 0. The zero-order valence-corrected chi connectivity index (χ0v) is 10.6. The maximum atomic E-state index is 12.0. The number of hydrogen-bond acceptors (Lipinski definition) is 3. The highest BCUT2D eigenvalue weighted by Crippen LogP contribution is 2.32. The molecule has 6 nitrogen and oxygen atoms in total. The van der Waals surface area contributed by atoms with E-state index >= 15 is 0 Å². The predicted octanol–water partition coefficient (Wildman–Crippen LogP) is 0.670. The molecule has 1 saturated heterocycles. The molecule has 2 amide bonds. The van der Waals surface area contributed by atoms with E-state index in [9.17, 15) is 9.59 Å². The van der Waals surface area contributed by atoms with Crippen molar-refractivity contribution in [3.8, 4) is 0 Å². The molecule has 0 aromatic heterocycles. The monoisotopic (exact) mass is 256 g/mol. The fraction of sp³-hybridized carbons (Fsp3) is 0.833. The van der Waals surface area contributed by atoms with Crippen LogP contribution in [0.4, 0.5) is 4.79 Å². The van der Waals surface area contributed by atoms with Gasteiger partial charge in [-0.15, -0.1) is 0 Å². The number of rotatable bonds is 4. The number of ether oxygens (including phenoxy) is 1. The molecule has 2 aliphatic rings. The highest BCUT2D eigenvalue weighted by molar-refractivity contribution is 5.83. The molecule has 1 aliphatic carbocycles. The molecule has 1 atom stereocenters. The quantitative estimate of drug-likeness (QED) is 0.775. The Morgan fingerprint density at radius 1 is 1.28 bits per heavy atom. The molecular formula is C12H20N2O4. The molecule has 2 fully saturated rings. The van der Waals surface area contributed by atoms with Crippen molar-refractivity contribution in [3.05, 3.63) is 0 Å². The Hall–Kier alpha value is -1.30. The molecule has 0 aromatic carbocycles. The van der Waals surface area contributed by atoms with Crippen LogP contribution in [0.25, 0.3) is 0 Å². The number of urea groups is 1. The summed E-state index contributed by atoms with van der Waals surface area (Å²) in [6.07, 6.45) is 3.40. The molecule has 1 unspecified atom stereocenters. The van der Waals surface area contributed by atoms with Crippen LogP contribution in [0.1, 0.15) is 25.7 Å². The van der Waals surface area contributed by atoms with E-state index < -0.39 is 12.0 Å². The number of carboxylic acid groups (broad SMARTS) is 1. The standard InChI is InChI=1S/C12H20N2O4/c1-14(9-4-6-18-7-5-9)12(17)13-10(11(15)16)8-2-3-8/h8-10H,2-7H2,1H3,(H,13,17)(H,15,16). The normalized spacial score (nSPS) is 22.3. The molecule has 18 heavy (non-hydrogen) atoms. The van der Waals surface area contributed by atoms with Crippen molar-refractivity contribution in [2.24, 2.45) is 5.92 Å². The van der Waals surface area contributed by atoms with Gasteiger partial charge in [-0.1, -0.05) is 0 Å². The Balaban J connectivity index is 1.87. The summed E-state index contributed by atoms with van der Waals surface area (Å²) in [5.74, 6) is -0.833. The highest BCUT2D eigenvalue weighted by Gasteiger charge is 2.38. The molecule has 102 valence electrons. The Morgan fingerprint density at radius 3 is 2.39 bits per heavy atom. The Morgan fingerprint density at radius 2 is 1.89 bits per heavy atom. The van der Waals surface area contributed by atoms with Crippen LogP contribution in [0.2, 0.25) is 0 Å². The van der Waals surface area contributed by atoms with Crippen LogP contribution in [-0.2, 0) is 9.53 Å². The molecule has 6 heteroatoms. The van der Waals surface area contributed by atoms with Gasteiger partial charge in [-0.25, -0.2) is 9.59 Å². The summed E-state index contributed by atoms with van der Waals surface area (Å²) < 4.78 is 5.24. The number of hydrogen-bond donors (Lipinski definition) is 2. The van der Waals surface area contributed by atoms with E-state index in [-0.39, 0.29) is 18.0 Å². The largest absolute Gasteiger partial charge is 0.480 e. The summed E-state index contributed by atoms with van der Waals surface area (Å²) in [7, 11) is 1.72. The number of carbonyl (C=O) groups is 2. The maximum Gasteiger partial charge on any atom is 0.326 e. The minimum atomic E-state index is -0.939. The molecule has 2 N–H and O–H groups in total. The van der Waals surface area contributed by atoms with Gasteiger partial charge in [0.2, 0.25) is 0 Å².